The summed E-state index contributed by atoms with van der Waals surface area (Å²) < 4.78 is 51.2. The molecule has 33 heavy (non-hydrogen) atoms. The summed E-state index contributed by atoms with van der Waals surface area (Å²) in [5.74, 6) is 0. The molecule has 1 aromatic rings. The average molecular weight is 538 g/mol. The fourth-order valence-electron chi connectivity index (χ4n) is 2.62. The van der Waals surface area contributed by atoms with Crippen LogP contribution in [0.4, 0.5) is 0 Å². The number of aromatic nitrogens is 2. The molecule has 20 heteroatoms. The van der Waals surface area contributed by atoms with Crippen LogP contribution in [0.25, 0.3) is 6.08 Å². The van der Waals surface area contributed by atoms with Crippen molar-refractivity contribution in [2.45, 2.75) is 37.9 Å². The van der Waals surface area contributed by atoms with Crippen molar-refractivity contribution in [2.75, 3.05) is 6.61 Å². The summed E-state index contributed by atoms with van der Waals surface area (Å²) in [4.78, 5) is 61.6. The molecular formula is C13H21N2O15P3. The molecule has 0 aromatic carbocycles. The molecule has 0 saturated carbocycles. The van der Waals surface area contributed by atoms with Crippen molar-refractivity contribution in [3.8, 4) is 0 Å². The van der Waals surface area contributed by atoms with Crippen LogP contribution < -0.4 is 11.2 Å². The van der Waals surface area contributed by atoms with Crippen LogP contribution in [0.15, 0.2) is 21.9 Å². The van der Waals surface area contributed by atoms with Gasteiger partial charge in [-0.1, -0.05) is 19.1 Å². The summed E-state index contributed by atoms with van der Waals surface area (Å²) in [5, 5.41) is 20.4. The maximum Gasteiger partial charge on any atom is 0.490 e. The van der Waals surface area contributed by atoms with Crippen LogP contribution in [0, 0.1) is 0 Å². The lowest BCUT2D eigenvalue weighted by Crippen LogP contribution is -2.38. The van der Waals surface area contributed by atoms with Crippen molar-refractivity contribution in [3.63, 3.8) is 0 Å². The third-order valence-corrected chi connectivity index (χ3v) is 7.76. The first kappa shape index (κ1) is 28.0. The van der Waals surface area contributed by atoms with Crippen molar-refractivity contribution < 1.29 is 61.4 Å². The molecule has 1 aromatic heterocycles. The summed E-state index contributed by atoms with van der Waals surface area (Å²) in [6.07, 6.45) is -2.12. The molecule has 0 bridgehead atoms. The Morgan fingerprint density at radius 3 is 2.30 bits per heavy atom. The molecular weight excluding hydrogens is 517 g/mol. The Morgan fingerprint density at radius 2 is 1.73 bits per heavy atom. The number of hydrogen-bond donors (Lipinski definition) is 7. The molecule has 1 saturated heterocycles. The summed E-state index contributed by atoms with van der Waals surface area (Å²) in [6, 6.07) is 0. The van der Waals surface area contributed by atoms with Crippen LogP contribution in [-0.2, 0) is 31.6 Å². The number of rotatable bonds is 10. The lowest BCUT2D eigenvalue weighted by atomic mass is 10.1. The SMILES string of the molecule is CC/C=C/c1cn([C@@H]2O[C@H](COP(=O)(O)OP(=O)(O)OP(=O)(O)O)C(O)[C@@H]2O)c(=O)[nH]c1=O. The quantitative estimate of drug-likeness (QED) is 0.175. The fourth-order valence-corrected chi connectivity index (χ4v) is 5.65. The normalized spacial score (nSPS) is 27.5. The first-order chi connectivity index (χ1) is 15.1. The number of nitrogens with zero attached hydrogens (tertiary/aromatic N) is 1. The zero-order chi connectivity index (χ0) is 25.2. The van der Waals surface area contributed by atoms with Gasteiger partial charge in [0.25, 0.3) is 5.56 Å². The van der Waals surface area contributed by atoms with Gasteiger partial charge in [-0.3, -0.25) is 18.9 Å². The fraction of sp³-hybridized carbons (Fsp3) is 0.538. The van der Waals surface area contributed by atoms with Crippen LogP contribution in [0.5, 0.6) is 0 Å². The average Bonchev–Trinajstić information content (AvgIpc) is 2.91. The zero-order valence-electron chi connectivity index (χ0n) is 16.6. The standard InChI is InChI=1S/C13H21N2O15P3/c1-2-3-4-7-5-15(13(19)14-11(7)18)12-10(17)9(16)8(28-12)6-27-32(23,24)30-33(25,26)29-31(20,21)22/h3-5,8-10,12,16-17H,2,6H2,1H3,(H,23,24)(H,25,26)(H,14,18,19)(H2,20,21,22)/b4-3+/t8-,9?,10+,12-/m1/s1. The number of hydrogen-bond acceptors (Lipinski definition) is 11. The summed E-state index contributed by atoms with van der Waals surface area (Å²) in [6.45, 7) is 0.738. The Labute approximate surface area is 184 Å². The number of phosphoric acid groups is 3. The Balaban J connectivity index is 2.15. The van der Waals surface area contributed by atoms with Crippen LogP contribution in [-0.4, -0.2) is 64.3 Å². The van der Waals surface area contributed by atoms with Crippen molar-refractivity contribution in [3.05, 3.63) is 38.7 Å². The first-order valence-corrected chi connectivity index (χ1v) is 13.4. The van der Waals surface area contributed by atoms with E-state index in [4.69, 9.17) is 19.4 Å². The largest absolute Gasteiger partial charge is 0.490 e. The van der Waals surface area contributed by atoms with Crippen LogP contribution >= 0.6 is 23.5 Å². The minimum absolute atomic E-state index is 0.0263. The highest BCUT2D eigenvalue weighted by Gasteiger charge is 2.46. The second kappa shape index (κ2) is 10.5. The first-order valence-electron chi connectivity index (χ1n) is 8.87. The number of nitrogens with one attached hydrogen (secondary N) is 1. The Hall–Kier alpha value is -1.29. The van der Waals surface area contributed by atoms with E-state index >= 15 is 0 Å². The number of ether oxygens (including phenoxy) is 1. The van der Waals surface area contributed by atoms with E-state index in [0.29, 0.717) is 6.42 Å². The molecule has 1 aliphatic rings. The van der Waals surface area contributed by atoms with Gasteiger partial charge in [0, 0.05) is 6.20 Å². The highest BCUT2D eigenvalue weighted by Crippen LogP contribution is 2.66. The molecule has 2 heterocycles. The number of allylic oxidation sites excluding steroid dienone is 1. The predicted molar refractivity (Wildman–Crippen MR) is 106 cm³/mol. The topological polar surface area (TPSA) is 264 Å². The molecule has 2 rings (SSSR count). The molecule has 17 nitrogen and oxygen atoms in total. The van der Waals surface area contributed by atoms with E-state index in [1.807, 2.05) is 4.98 Å². The number of H-pyrrole nitrogens is 1. The second-order valence-corrected chi connectivity index (χ2v) is 10.9. The van der Waals surface area contributed by atoms with Gasteiger partial charge in [0.1, 0.15) is 18.3 Å². The number of aliphatic hydroxyl groups excluding tert-OH is 2. The van der Waals surface area contributed by atoms with Gasteiger partial charge in [-0.25, -0.2) is 18.5 Å². The second-order valence-electron chi connectivity index (χ2n) is 6.49. The summed E-state index contributed by atoms with van der Waals surface area (Å²) in [5.41, 5.74) is -1.70. The van der Waals surface area contributed by atoms with E-state index in [1.54, 1.807) is 13.0 Å². The van der Waals surface area contributed by atoms with Crippen molar-refractivity contribution >= 4 is 29.5 Å². The molecule has 1 aliphatic heterocycles. The number of aliphatic hydroxyl groups is 2. The molecule has 3 unspecified atom stereocenters. The van der Waals surface area contributed by atoms with Gasteiger partial charge in [0.15, 0.2) is 6.23 Å². The van der Waals surface area contributed by atoms with Crippen molar-refractivity contribution in [1.82, 2.24) is 9.55 Å². The lowest BCUT2D eigenvalue weighted by Gasteiger charge is -2.19. The van der Waals surface area contributed by atoms with Crippen LogP contribution in [0.3, 0.4) is 0 Å². The molecule has 7 N–H and O–H groups in total. The molecule has 0 radical (unpaired) electrons. The van der Waals surface area contributed by atoms with Gasteiger partial charge in [-0.15, -0.1) is 0 Å². The third-order valence-electron chi connectivity index (χ3n) is 3.96. The molecule has 0 amide bonds. The lowest BCUT2D eigenvalue weighted by molar-refractivity contribution is -0.0542. The molecule has 1 fully saturated rings. The predicted octanol–water partition coefficient (Wildman–Crippen LogP) is -1.08. The molecule has 188 valence electrons. The monoisotopic (exact) mass is 538 g/mol. The zero-order valence-corrected chi connectivity index (χ0v) is 19.3. The van der Waals surface area contributed by atoms with Gasteiger partial charge in [-0.05, 0) is 6.42 Å². The Kier molecular flexibility index (Phi) is 8.93. The van der Waals surface area contributed by atoms with E-state index in [-0.39, 0.29) is 5.56 Å². The Bertz CT molecular complexity index is 1140. The van der Waals surface area contributed by atoms with Crippen LogP contribution in [0.2, 0.25) is 0 Å². The van der Waals surface area contributed by atoms with E-state index < -0.39 is 65.9 Å². The van der Waals surface area contributed by atoms with E-state index in [1.165, 1.54) is 6.08 Å². The summed E-state index contributed by atoms with van der Waals surface area (Å²) >= 11 is 0. The maximum absolute atomic E-state index is 12.1. The van der Waals surface area contributed by atoms with Crippen molar-refractivity contribution in [1.29, 1.82) is 0 Å². The van der Waals surface area contributed by atoms with E-state index in [0.717, 1.165) is 10.8 Å². The van der Waals surface area contributed by atoms with Gasteiger partial charge < -0.3 is 34.5 Å². The number of aromatic amines is 1. The van der Waals surface area contributed by atoms with Gasteiger partial charge in [0.2, 0.25) is 0 Å². The minimum atomic E-state index is -5.75. The third kappa shape index (κ3) is 7.87. The highest BCUT2D eigenvalue weighted by atomic mass is 31.3. The minimum Gasteiger partial charge on any atom is -0.387 e. The summed E-state index contributed by atoms with van der Waals surface area (Å²) in [7, 11) is -16.8. The number of phosphoric ester groups is 1. The van der Waals surface area contributed by atoms with E-state index in [2.05, 4.69) is 13.1 Å². The Morgan fingerprint density at radius 1 is 1.09 bits per heavy atom. The maximum atomic E-state index is 12.1. The van der Waals surface area contributed by atoms with Crippen molar-refractivity contribution in [2.24, 2.45) is 0 Å². The van der Waals surface area contributed by atoms with Gasteiger partial charge >= 0.3 is 29.2 Å². The van der Waals surface area contributed by atoms with Crippen LogP contribution in [0.1, 0.15) is 25.1 Å². The van der Waals surface area contributed by atoms with E-state index in [9.17, 15) is 38.4 Å². The van der Waals surface area contributed by atoms with Gasteiger partial charge in [0.05, 0.1) is 12.2 Å². The van der Waals surface area contributed by atoms with Gasteiger partial charge in [-0.2, -0.15) is 8.62 Å². The molecule has 0 spiro atoms. The molecule has 0 aliphatic carbocycles. The highest BCUT2D eigenvalue weighted by molar-refractivity contribution is 7.66. The molecule has 6 atom stereocenters. The smallest absolute Gasteiger partial charge is 0.387 e.